The molecule has 0 saturated carbocycles. The molecule has 0 aromatic heterocycles. The second-order valence-electron chi connectivity index (χ2n) is 4.76. The van der Waals surface area contributed by atoms with E-state index in [-0.39, 0.29) is 44.9 Å². The molecule has 10 heteroatoms. The first kappa shape index (κ1) is 18.4. The molecule has 1 aliphatic heterocycles. The van der Waals surface area contributed by atoms with Crippen LogP contribution in [0, 0.1) is 10.1 Å². The van der Waals surface area contributed by atoms with Gasteiger partial charge in [-0.1, -0.05) is 41.6 Å². The number of carboxylic acids is 1. The van der Waals surface area contributed by atoms with E-state index in [1.165, 1.54) is 29.2 Å². The predicted molar refractivity (Wildman–Crippen MR) is 94.9 cm³/mol. The zero-order chi connectivity index (χ0) is 17.9. The Bertz CT molecular complexity index is 766. The number of rotatable bonds is 6. The van der Waals surface area contributed by atoms with Crippen molar-refractivity contribution in [1.82, 2.24) is 4.90 Å². The van der Waals surface area contributed by atoms with Gasteiger partial charge in [-0.05, 0) is 18.6 Å². The Balaban J connectivity index is 2.26. The highest BCUT2D eigenvalue weighted by molar-refractivity contribution is 8.26. The molecule has 1 aromatic carbocycles. The molecule has 1 heterocycles. The van der Waals surface area contributed by atoms with Crippen molar-refractivity contribution < 1.29 is 19.6 Å². The number of carbonyl (C=O) groups excluding carboxylic acids is 1. The lowest BCUT2D eigenvalue weighted by molar-refractivity contribution is -0.385. The van der Waals surface area contributed by atoms with Gasteiger partial charge in [-0.25, -0.2) is 0 Å². The normalized spacial score (nSPS) is 16.0. The minimum Gasteiger partial charge on any atom is -0.481 e. The second-order valence-corrected chi connectivity index (χ2v) is 6.84. The van der Waals surface area contributed by atoms with Crippen LogP contribution in [0.1, 0.15) is 18.4 Å². The van der Waals surface area contributed by atoms with Crippen LogP contribution in [-0.2, 0) is 9.59 Å². The van der Waals surface area contributed by atoms with E-state index >= 15 is 0 Å². The number of halogens is 1. The molecule has 1 N–H and O–H groups in total. The van der Waals surface area contributed by atoms with Crippen molar-refractivity contribution in [2.75, 3.05) is 6.54 Å². The Labute approximate surface area is 151 Å². The summed E-state index contributed by atoms with van der Waals surface area (Å²) in [6.45, 7) is 0.179. The number of carboxylic acid groups (broad SMARTS) is 1. The molecule has 0 spiro atoms. The smallest absolute Gasteiger partial charge is 0.303 e. The van der Waals surface area contributed by atoms with Crippen LogP contribution in [0.4, 0.5) is 5.69 Å². The molecule has 126 valence electrons. The lowest BCUT2D eigenvalue weighted by Gasteiger charge is -2.13. The van der Waals surface area contributed by atoms with E-state index in [1.54, 1.807) is 0 Å². The van der Waals surface area contributed by atoms with Gasteiger partial charge in [0.05, 0.1) is 20.4 Å². The number of nitro groups is 1. The average molecular weight is 387 g/mol. The number of aliphatic carboxylic acids is 1. The first-order chi connectivity index (χ1) is 11.3. The largest absolute Gasteiger partial charge is 0.481 e. The fraction of sp³-hybridized carbons (Fsp3) is 0.214. The quantitative estimate of drug-likeness (QED) is 0.346. The van der Waals surface area contributed by atoms with E-state index in [0.29, 0.717) is 0 Å². The number of hydrogen-bond acceptors (Lipinski definition) is 6. The van der Waals surface area contributed by atoms with Crippen LogP contribution in [0.15, 0.2) is 23.1 Å². The summed E-state index contributed by atoms with van der Waals surface area (Å²) in [5.74, 6) is -1.37. The summed E-state index contributed by atoms with van der Waals surface area (Å²) >= 11 is 12.1. The Kier molecular flexibility index (Phi) is 5.92. The maximum absolute atomic E-state index is 12.4. The molecule has 0 radical (unpaired) electrons. The van der Waals surface area contributed by atoms with Gasteiger partial charge in [0.25, 0.3) is 11.6 Å². The highest BCUT2D eigenvalue weighted by Gasteiger charge is 2.32. The lowest BCUT2D eigenvalue weighted by Crippen LogP contribution is -2.29. The molecule has 1 aliphatic rings. The van der Waals surface area contributed by atoms with Crippen molar-refractivity contribution in [3.63, 3.8) is 0 Å². The number of amides is 1. The third-order valence-electron chi connectivity index (χ3n) is 3.15. The van der Waals surface area contributed by atoms with E-state index in [9.17, 15) is 19.7 Å². The SMILES string of the molecule is O=C(O)CCCN1C(=O)/C(=C/c2c(Cl)cccc2[N+](=O)[O-])SC1=S. The number of benzene rings is 1. The highest BCUT2D eigenvalue weighted by Crippen LogP contribution is 2.36. The number of hydrogen-bond donors (Lipinski definition) is 1. The van der Waals surface area contributed by atoms with Crippen LogP contribution in [0.3, 0.4) is 0 Å². The topological polar surface area (TPSA) is 101 Å². The summed E-state index contributed by atoms with van der Waals surface area (Å²) in [5, 5.41) is 19.9. The summed E-state index contributed by atoms with van der Waals surface area (Å²) in [4.78, 5) is 34.9. The monoisotopic (exact) mass is 386 g/mol. The minimum absolute atomic E-state index is 0.0773. The first-order valence-electron chi connectivity index (χ1n) is 6.71. The van der Waals surface area contributed by atoms with Crippen molar-refractivity contribution >= 4 is 63.5 Å². The van der Waals surface area contributed by atoms with Crippen LogP contribution in [0.5, 0.6) is 0 Å². The fourth-order valence-electron chi connectivity index (χ4n) is 2.04. The molecular formula is C14H11ClN2O5S2. The summed E-state index contributed by atoms with van der Waals surface area (Å²) in [7, 11) is 0. The average Bonchev–Trinajstić information content (AvgIpc) is 2.76. The third-order valence-corrected chi connectivity index (χ3v) is 4.86. The van der Waals surface area contributed by atoms with E-state index in [2.05, 4.69) is 0 Å². The van der Waals surface area contributed by atoms with Gasteiger partial charge in [0.2, 0.25) is 0 Å². The Morgan fingerprint density at radius 2 is 2.21 bits per heavy atom. The predicted octanol–water partition coefficient (Wildman–Crippen LogP) is 3.31. The van der Waals surface area contributed by atoms with Gasteiger partial charge in [0, 0.05) is 19.0 Å². The van der Waals surface area contributed by atoms with E-state index in [1.807, 2.05) is 0 Å². The standard InChI is InChI=1S/C14H11ClN2O5S2/c15-9-3-1-4-10(17(21)22)8(9)7-11-13(20)16(14(23)24-11)6-2-5-12(18)19/h1,3-4,7H,2,5-6H2,(H,18,19)/b11-7-. The van der Waals surface area contributed by atoms with Crippen molar-refractivity contribution in [3.8, 4) is 0 Å². The Morgan fingerprint density at radius 1 is 1.50 bits per heavy atom. The molecule has 1 aromatic rings. The number of thioether (sulfide) groups is 1. The number of thiocarbonyl (C=S) groups is 1. The molecular weight excluding hydrogens is 376 g/mol. The van der Waals surface area contributed by atoms with Crippen molar-refractivity contribution in [2.45, 2.75) is 12.8 Å². The second kappa shape index (κ2) is 7.73. The Morgan fingerprint density at radius 3 is 2.83 bits per heavy atom. The molecule has 0 unspecified atom stereocenters. The van der Waals surface area contributed by atoms with Gasteiger partial charge in [-0.3, -0.25) is 24.6 Å². The molecule has 24 heavy (non-hydrogen) atoms. The molecule has 0 bridgehead atoms. The van der Waals surface area contributed by atoms with E-state index < -0.39 is 16.8 Å². The molecule has 1 amide bonds. The van der Waals surface area contributed by atoms with Crippen molar-refractivity contribution in [1.29, 1.82) is 0 Å². The van der Waals surface area contributed by atoms with Gasteiger partial charge in [-0.2, -0.15) is 0 Å². The van der Waals surface area contributed by atoms with Crippen LogP contribution in [-0.4, -0.2) is 37.7 Å². The maximum Gasteiger partial charge on any atom is 0.303 e. The van der Waals surface area contributed by atoms with Crippen LogP contribution in [0.2, 0.25) is 5.02 Å². The summed E-state index contributed by atoms with van der Waals surface area (Å²) in [5.41, 5.74) is -0.0751. The molecule has 7 nitrogen and oxygen atoms in total. The van der Waals surface area contributed by atoms with Crippen LogP contribution < -0.4 is 0 Å². The maximum atomic E-state index is 12.4. The molecule has 1 fully saturated rings. The summed E-state index contributed by atoms with van der Waals surface area (Å²) in [6.07, 6.45) is 1.53. The highest BCUT2D eigenvalue weighted by atomic mass is 35.5. The van der Waals surface area contributed by atoms with Gasteiger partial charge >= 0.3 is 5.97 Å². The van der Waals surface area contributed by atoms with Gasteiger partial charge in [0.1, 0.15) is 4.32 Å². The number of nitro benzene ring substituents is 1. The summed E-state index contributed by atoms with van der Waals surface area (Å²) in [6, 6.07) is 4.24. The number of nitrogens with zero attached hydrogens (tertiary/aromatic N) is 2. The molecule has 0 aliphatic carbocycles. The van der Waals surface area contributed by atoms with Crippen LogP contribution in [0.25, 0.3) is 6.08 Å². The lowest BCUT2D eigenvalue weighted by atomic mass is 10.1. The van der Waals surface area contributed by atoms with Crippen molar-refractivity contribution in [3.05, 3.63) is 43.8 Å². The third kappa shape index (κ3) is 4.11. The van der Waals surface area contributed by atoms with Crippen LogP contribution >= 0.6 is 35.6 Å². The zero-order valence-electron chi connectivity index (χ0n) is 12.1. The van der Waals surface area contributed by atoms with E-state index in [0.717, 1.165) is 11.8 Å². The van der Waals surface area contributed by atoms with Crippen molar-refractivity contribution in [2.24, 2.45) is 0 Å². The fourth-order valence-corrected chi connectivity index (χ4v) is 3.55. The van der Waals surface area contributed by atoms with Gasteiger partial charge in [0.15, 0.2) is 0 Å². The minimum atomic E-state index is -0.956. The molecule has 2 rings (SSSR count). The first-order valence-corrected chi connectivity index (χ1v) is 8.31. The van der Waals surface area contributed by atoms with E-state index in [4.69, 9.17) is 28.9 Å². The van der Waals surface area contributed by atoms with Gasteiger partial charge < -0.3 is 5.11 Å². The molecule has 1 saturated heterocycles. The van der Waals surface area contributed by atoms with Gasteiger partial charge in [-0.15, -0.1) is 0 Å². The molecule has 0 atom stereocenters. The number of carbonyl (C=O) groups is 2. The zero-order valence-corrected chi connectivity index (χ0v) is 14.5. The summed E-state index contributed by atoms with van der Waals surface area (Å²) < 4.78 is 0.284. The Hall–Kier alpha value is -1.97.